The van der Waals surface area contributed by atoms with Crippen LogP contribution < -0.4 is 4.90 Å². The zero-order chi connectivity index (χ0) is 23.1. The molecule has 32 heavy (non-hydrogen) atoms. The Bertz CT molecular complexity index is 1050. The fourth-order valence-electron chi connectivity index (χ4n) is 4.11. The van der Waals surface area contributed by atoms with Crippen LogP contribution in [0, 0.1) is 10.1 Å². The van der Waals surface area contributed by atoms with Crippen LogP contribution in [0.3, 0.4) is 0 Å². The highest BCUT2D eigenvalue weighted by molar-refractivity contribution is 6.04. The smallest absolute Gasteiger partial charge is 0.269 e. The van der Waals surface area contributed by atoms with Crippen molar-refractivity contribution < 1.29 is 9.50 Å². The Balaban J connectivity index is 2.10. The molecule has 0 aliphatic heterocycles. The van der Waals surface area contributed by atoms with Gasteiger partial charge in [-0.3, -0.25) is 10.1 Å². The maximum atomic E-state index is 11.1. The highest BCUT2D eigenvalue weighted by Crippen LogP contribution is 2.32. The Morgan fingerprint density at radius 1 is 0.781 bits per heavy atom. The number of nitro groups is 1. The van der Waals surface area contributed by atoms with Crippen LogP contribution in [0.5, 0.6) is 0 Å². The van der Waals surface area contributed by atoms with Gasteiger partial charge in [0.2, 0.25) is 0 Å². The number of nitro benzene ring substituents is 1. The van der Waals surface area contributed by atoms with E-state index in [2.05, 4.69) is 85.7 Å². The van der Waals surface area contributed by atoms with Crippen LogP contribution in [0.1, 0.15) is 38.8 Å². The van der Waals surface area contributed by atoms with Gasteiger partial charge in [0, 0.05) is 43.1 Å². The first-order valence-corrected chi connectivity index (χ1v) is 11.3. The van der Waals surface area contributed by atoms with E-state index >= 15 is 0 Å². The van der Waals surface area contributed by atoms with E-state index in [1.54, 1.807) is 12.1 Å². The number of anilines is 1. The van der Waals surface area contributed by atoms with Crippen molar-refractivity contribution in [3.8, 4) is 0 Å². The van der Waals surface area contributed by atoms with Crippen LogP contribution >= 0.6 is 0 Å². The van der Waals surface area contributed by atoms with Gasteiger partial charge in [-0.25, -0.2) is 4.58 Å². The van der Waals surface area contributed by atoms with Crippen molar-refractivity contribution in [2.75, 3.05) is 31.1 Å². The molecule has 5 nitrogen and oxygen atoms in total. The summed E-state index contributed by atoms with van der Waals surface area (Å²) in [6.45, 7) is 12.5. The lowest BCUT2D eigenvalue weighted by molar-refractivity contribution is -0.519. The van der Waals surface area contributed by atoms with Gasteiger partial charge in [-0.2, -0.15) is 0 Å². The van der Waals surface area contributed by atoms with Crippen LogP contribution in [0.4, 0.5) is 11.4 Å². The monoisotopic (exact) mass is 430 g/mol. The molecule has 0 amide bonds. The molecule has 0 radical (unpaired) electrons. The second-order valence-electron chi connectivity index (χ2n) is 7.62. The van der Waals surface area contributed by atoms with Gasteiger partial charge in [0.05, 0.1) is 4.92 Å². The predicted molar refractivity (Wildman–Crippen MR) is 134 cm³/mol. The summed E-state index contributed by atoms with van der Waals surface area (Å²) in [6, 6.07) is 15.4. The van der Waals surface area contributed by atoms with E-state index in [9.17, 15) is 10.1 Å². The van der Waals surface area contributed by atoms with Crippen LogP contribution in [0.25, 0.3) is 5.57 Å². The summed E-state index contributed by atoms with van der Waals surface area (Å²) in [6.07, 6.45) is 8.58. The van der Waals surface area contributed by atoms with Gasteiger partial charge >= 0.3 is 0 Å². The highest BCUT2D eigenvalue weighted by atomic mass is 16.6. The average Bonchev–Trinajstić information content (AvgIpc) is 2.83. The van der Waals surface area contributed by atoms with Gasteiger partial charge in [-0.05, 0) is 86.4 Å². The summed E-state index contributed by atoms with van der Waals surface area (Å²) in [5.74, 6) is 0. The maximum absolute atomic E-state index is 11.1. The minimum Gasteiger partial charge on any atom is -0.372 e. The Kier molecular flexibility index (Phi) is 7.77. The number of benzene rings is 2. The number of hydrogen-bond donors (Lipinski definition) is 0. The van der Waals surface area contributed by atoms with Gasteiger partial charge in [-0.1, -0.05) is 12.1 Å². The average molecular weight is 431 g/mol. The molecule has 0 saturated carbocycles. The fraction of sp³-hybridized carbons (Fsp3) is 0.296. The molecule has 166 valence electrons. The Morgan fingerprint density at radius 3 is 1.72 bits per heavy atom. The van der Waals surface area contributed by atoms with Gasteiger partial charge < -0.3 is 4.90 Å². The summed E-state index contributed by atoms with van der Waals surface area (Å²) < 4.78 is 2.31. The van der Waals surface area contributed by atoms with Gasteiger partial charge in [0.25, 0.3) is 5.69 Å². The number of non-ortho nitro benzene ring substituents is 1. The standard InChI is InChI=1S/C27H32N3O2/c1-5-28(6-2)24-15-9-21(10-16-24)27(23-13-19-26(20-14-23)30(31)32)22-11-17-25(18-12-22)29(7-3)8-4/h9-20H,5-8H2,1-4H3/q+1. The zero-order valence-electron chi connectivity index (χ0n) is 19.4. The van der Waals surface area contributed by atoms with Crippen LogP contribution in [0.15, 0.2) is 78.4 Å². The summed E-state index contributed by atoms with van der Waals surface area (Å²) in [7, 11) is 0. The Hall–Kier alpha value is -3.47. The summed E-state index contributed by atoms with van der Waals surface area (Å²) in [5, 5.41) is 11.1. The third-order valence-corrected chi connectivity index (χ3v) is 5.94. The fourth-order valence-corrected chi connectivity index (χ4v) is 4.11. The van der Waals surface area contributed by atoms with Crippen LogP contribution in [0.2, 0.25) is 0 Å². The molecule has 0 atom stereocenters. The molecule has 0 unspecified atom stereocenters. The normalized spacial score (nSPS) is 12.8. The molecule has 2 aromatic carbocycles. The summed E-state index contributed by atoms with van der Waals surface area (Å²) in [4.78, 5) is 13.1. The third-order valence-electron chi connectivity index (χ3n) is 5.94. The van der Waals surface area contributed by atoms with Crippen LogP contribution in [-0.2, 0) is 0 Å². The maximum Gasteiger partial charge on any atom is 0.269 e. The second-order valence-corrected chi connectivity index (χ2v) is 7.62. The van der Waals surface area contributed by atoms with Crippen molar-refractivity contribution in [2.45, 2.75) is 27.7 Å². The number of hydrogen-bond acceptors (Lipinski definition) is 3. The SMILES string of the molecule is CCN(CC)c1ccc(C(=C2C=CC(=[N+](CC)CC)C=C2)c2ccc([N+](=O)[O-])cc2)cc1. The lowest BCUT2D eigenvalue weighted by Crippen LogP contribution is -2.21. The van der Waals surface area contributed by atoms with E-state index in [4.69, 9.17) is 0 Å². The molecule has 1 aliphatic rings. The first kappa shape index (κ1) is 23.2. The van der Waals surface area contributed by atoms with E-state index in [0.717, 1.165) is 48.5 Å². The van der Waals surface area contributed by atoms with Crippen molar-refractivity contribution in [1.29, 1.82) is 0 Å². The van der Waals surface area contributed by atoms with E-state index in [1.807, 2.05) is 12.1 Å². The number of rotatable bonds is 8. The highest BCUT2D eigenvalue weighted by Gasteiger charge is 2.16. The van der Waals surface area contributed by atoms with Crippen LogP contribution in [-0.4, -0.2) is 41.4 Å². The summed E-state index contributed by atoms with van der Waals surface area (Å²) >= 11 is 0. The molecule has 1 aliphatic carbocycles. The van der Waals surface area contributed by atoms with E-state index < -0.39 is 0 Å². The summed E-state index contributed by atoms with van der Waals surface area (Å²) in [5.41, 5.74) is 6.69. The predicted octanol–water partition coefficient (Wildman–Crippen LogP) is 5.86. The van der Waals surface area contributed by atoms with Crippen molar-refractivity contribution in [3.05, 3.63) is 99.6 Å². The topological polar surface area (TPSA) is 49.4 Å². The van der Waals surface area contributed by atoms with Crippen molar-refractivity contribution in [1.82, 2.24) is 0 Å². The third kappa shape index (κ3) is 5.05. The quantitative estimate of drug-likeness (QED) is 0.299. The van der Waals surface area contributed by atoms with Crippen molar-refractivity contribution in [2.24, 2.45) is 0 Å². The number of nitrogens with zero attached hydrogens (tertiary/aromatic N) is 3. The molecule has 0 heterocycles. The molecule has 0 spiro atoms. The Morgan fingerprint density at radius 2 is 1.28 bits per heavy atom. The largest absolute Gasteiger partial charge is 0.372 e. The molecule has 0 N–H and O–H groups in total. The first-order valence-electron chi connectivity index (χ1n) is 11.3. The zero-order valence-corrected chi connectivity index (χ0v) is 19.4. The lowest BCUT2D eigenvalue weighted by atomic mass is 9.90. The molecule has 0 aromatic heterocycles. The molecule has 5 heteroatoms. The van der Waals surface area contributed by atoms with E-state index in [-0.39, 0.29) is 10.6 Å². The van der Waals surface area contributed by atoms with Crippen molar-refractivity contribution >= 4 is 22.7 Å². The van der Waals surface area contributed by atoms with Gasteiger partial charge in [0.15, 0.2) is 5.71 Å². The molecule has 3 rings (SSSR count). The molecular formula is C27H32N3O2+. The molecular weight excluding hydrogens is 398 g/mol. The Labute approximate surface area is 190 Å². The molecule has 2 aromatic rings. The van der Waals surface area contributed by atoms with Crippen molar-refractivity contribution in [3.63, 3.8) is 0 Å². The van der Waals surface area contributed by atoms with Gasteiger partial charge in [0.1, 0.15) is 13.1 Å². The minimum atomic E-state index is -0.360. The lowest BCUT2D eigenvalue weighted by Gasteiger charge is -2.22. The van der Waals surface area contributed by atoms with E-state index in [1.165, 1.54) is 11.4 Å². The minimum absolute atomic E-state index is 0.0989. The molecule has 0 bridgehead atoms. The molecule has 0 fully saturated rings. The number of allylic oxidation sites excluding steroid dienone is 5. The second kappa shape index (κ2) is 10.7. The first-order chi connectivity index (χ1) is 15.5. The van der Waals surface area contributed by atoms with E-state index in [0.29, 0.717) is 0 Å². The van der Waals surface area contributed by atoms with Gasteiger partial charge in [-0.15, -0.1) is 0 Å². The molecule has 0 saturated heterocycles.